The molecule has 1 atom stereocenters. The highest BCUT2D eigenvalue weighted by Crippen LogP contribution is 2.40. The first-order chi connectivity index (χ1) is 9.95. The quantitative estimate of drug-likeness (QED) is 0.856. The standard InChI is InChI=1S/C15H11BrClNO3/c1-21-13-6-10-11(7-12(13)16)15(20,18-14(10)19)8-2-4-9(17)5-3-8/h2-7,20H,1H3,(H,18,19). The number of benzene rings is 2. The molecule has 0 radical (unpaired) electrons. The number of methoxy groups -OCH3 is 1. The molecular weight excluding hydrogens is 358 g/mol. The van der Waals surface area contributed by atoms with Crippen molar-refractivity contribution in [2.75, 3.05) is 7.11 Å². The number of carbonyl (C=O) groups is 1. The van der Waals surface area contributed by atoms with Crippen molar-refractivity contribution in [3.63, 3.8) is 0 Å². The van der Waals surface area contributed by atoms with E-state index in [2.05, 4.69) is 21.2 Å². The predicted molar refractivity (Wildman–Crippen MR) is 82.6 cm³/mol. The van der Waals surface area contributed by atoms with E-state index in [0.29, 0.717) is 31.9 Å². The van der Waals surface area contributed by atoms with Gasteiger partial charge in [0.2, 0.25) is 0 Å². The fraction of sp³-hybridized carbons (Fsp3) is 0.133. The molecule has 0 aromatic heterocycles. The fourth-order valence-electron chi connectivity index (χ4n) is 2.41. The number of fused-ring (bicyclic) bond motifs is 1. The zero-order chi connectivity index (χ0) is 15.2. The zero-order valence-corrected chi connectivity index (χ0v) is 13.3. The molecule has 1 unspecified atom stereocenters. The van der Waals surface area contributed by atoms with E-state index in [-0.39, 0.29) is 5.91 Å². The van der Waals surface area contributed by atoms with Crippen LogP contribution in [0.1, 0.15) is 21.5 Å². The molecule has 0 saturated carbocycles. The van der Waals surface area contributed by atoms with E-state index >= 15 is 0 Å². The lowest BCUT2D eigenvalue weighted by Gasteiger charge is -2.24. The first kappa shape index (κ1) is 14.4. The molecule has 4 nitrogen and oxygen atoms in total. The SMILES string of the molecule is COc1cc2c(cc1Br)C(O)(c1ccc(Cl)cc1)NC2=O. The van der Waals surface area contributed by atoms with Gasteiger partial charge in [-0.2, -0.15) is 0 Å². The predicted octanol–water partition coefficient (Wildman–Crippen LogP) is 3.05. The number of nitrogens with one attached hydrogen (secondary N) is 1. The second-order valence-corrected chi connectivity index (χ2v) is 5.99. The number of rotatable bonds is 2. The summed E-state index contributed by atoms with van der Waals surface area (Å²) in [6, 6.07) is 9.96. The molecule has 1 aliphatic heterocycles. The molecule has 21 heavy (non-hydrogen) atoms. The minimum atomic E-state index is -1.58. The van der Waals surface area contributed by atoms with Gasteiger partial charge in [0.05, 0.1) is 17.1 Å². The summed E-state index contributed by atoms with van der Waals surface area (Å²) in [5.41, 5.74) is -0.183. The van der Waals surface area contributed by atoms with Crippen LogP contribution in [0.3, 0.4) is 0 Å². The van der Waals surface area contributed by atoms with Crippen LogP contribution in [0.2, 0.25) is 5.02 Å². The molecule has 108 valence electrons. The van der Waals surface area contributed by atoms with Crippen LogP contribution in [0, 0.1) is 0 Å². The Balaban J connectivity index is 2.19. The van der Waals surface area contributed by atoms with Crippen LogP contribution in [0.25, 0.3) is 0 Å². The van der Waals surface area contributed by atoms with Crippen LogP contribution < -0.4 is 10.1 Å². The molecular formula is C15H11BrClNO3. The summed E-state index contributed by atoms with van der Waals surface area (Å²) in [5.74, 6) is 0.178. The van der Waals surface area contributed by atoms with Crippen LogP contribution in [0.5, 0.6) is 5.75 Å². The van der Waals surface area contributed by atoms with Gasteiger partial charge in [0.25, 0.3) is 5.91 Å². The molecule has 6 heteroatoms. The highest BCUT2D eigenvalue weighted by Gasteiger charge is 2.43. The van der Waals surface area contributed by atoms with Gasteiger partial charge in [-0.15, -0.1) is 0 Å². The molecule has 0 spiro atoms. The maximum Gasteiger partial charge on any atom is 0.254 e. The lowest BCUT2D eigenvalue weighted by molar-refractivity contribution is 0.0476. The van der Waals surface area contributed by atoms with E-state index < -0.39 is 5.72 Å². The number of hydrogen-bond acceptors (Lipinski definition) is 3. The van der Waals surface area contributed by atoms with Gasteiger partial charge in [-0.1, -0.05) is 23.7 Å². The largest absolute Gasteiger partial charge is 0.496 e. The Labute approximate surface area is 134 Å². The molecule has 1 aliphatic rings. The smallest absolute Gasteiger partial charge is 0.254 e. The number of carbonyl (C=O) groups excluding carboxylic acids is 1. The number of aliphatic hydroxyl groups is 1. The fourth-order valence-corrected chi connectivity index (χ4v) is 3.05. The van der Waals surface area contributed by atoms with Crippen molar-refractivity contribution in [2.24, 2.45) is 0 Å². The minimum absolute atomic E-state index is 0.353. The van der Waals surface area contributed by atoms with Gasteiger partial charge < -0.3 is 15.2 Å². The molecule has 0 saturated heterocycles. The Morgan fingerprint density at radius 1 is 1.29 bits per heavy atom. The maximum atomic E-state index is 12.1. The summed E-state index contributed by atoms with van der Waals surface area (Å²) in [5, 5.41) is 14.1. The van der Waals surface area contributed by atoms with E-state index in [4.69, 9.17) is 16.3 Å². The summed E-state index contributed by atoms with van der Waals surface area (Å²) in [6.07, 6.45) is 0. The topological polar surface area (TPSA) is 58.6 Å². The third kappa shape index (κ3) is 2.21. The van der Waals surface area contributed by atoms with E-state index in [1.807, 2.05) is 0 Å². The lowest BCUT2D eigenvalue weighted by Crippen LogP contribution is -2.40. The Hall–Kier alpha value is -1.56. The summed E-state index contributed by atoms with van der Waals surface area (Å²) >= 11 is 9.23. The molecule has 2 aromatic carbocycles. The monoisotopic (exact) mass is 367 g/mol. The Morgan fingerprint density at radius 3 is 2.57 bits per heavy atom. The number of ether oxygens (including phenoxy) is 1. The van der Waals surface area contributed by atoms with Gasteiger partial charge in [-0.25, -0.2) is 0 Å². The van der Waals surface area contributed by atoms with Crippen molar-refractivity contribution in [3.8, 4) is 5.75 Å². The van der Waals surface area contributed by atoms with Crippen LogP contribution in [0.15, 0.2) is 40.9 Å². The van der Waals surface area contributed by atoms with Gasteiger partial charge in [0, 0.05) is 16.1 Å². The van der Waals surface area contributed by atoms with Gasteiger partial charge >= 0.3 is 0 Å². The van der Waals surface area contributed by atoms with E-state index in [1.165, 1.54) is 7.11 Å². The molecule has 1 heterocycles. The average molecular weight is 369 g/mol. The normalized spacial score (nSPS) is 20.1. The van der Waals surface area contributed by atoms with Crippen molar-refractivity contribution < 1.29 is 14.6 Å². The zero-order valence-electron chi connectivity index (χ0n) is 11.0. The van der Waals surface area contributed by atoms with Gasteiger partial charge in [0.15, 0.2) is 5.72 Å². The summed E-state index contributed by atoms with van der Waals surface area (Å²) in [4.78, 5) is 12.1. The third-order valence-corrected chi connectivity index (χ3v) is 4.35. The van der Waals surface area contributed by atoms with Crippen molar-refractivity contribution in [1.82, 2.24) is 5.32 Å². The lowest BCUT2D eigenvalue weighted by atomic mass is 9.94. The highest BCUT2D eigenvalue weighted by atomic mass is 79.9. The van der Waals surface area contributed by atoms with Crippen molar-refractivity contribution in [3.05, 3.63) is 62.6 Å². The molecule has 2 N–H and O–H groups in total. The van der Waals surface area contributed by atoms with Gasteiger partial charge in [-0.3, -0.25) is 4.79 Å². The van der Waals surface area contributed by atoms with E-state index in [1.54, 1.807) is 36.4 Å². The molecule has 1 amide bonds. The van der Waals surface area contributed by atoms with Crippen LogP contribution in [0.4, 0.5) is 0 Å². The second-order valence-electron chi connectivity index (χ2n) is 4.70. The molecule has 0 fully saturated rings. The van der Waals surface area contributed by atoms with E-state index in [0.717, 1.165) is 0 Å². The average Bonchev–Trinajstić information content (AvgIpc) is 2.71. The Kier molecular flexibility index (Phi) is 3.43. The van der Waals surface area contributed by atoms with Crippen LogP contribution in [-0.2, 0) is 5.72 Å². The van der Waals surface area contributed by atoms with Gasteiger partial charge in [-0.05, 0) is 40.2 Å². The third-order valence-electron chi connectivity index (χ3n) is 3.48. The van der Waals surface area contributed by atoms with Crippen molar-refractivity contribution in [2.45, 2.75) is 5.72 Å². The first-order valence-electron chi connectivity index (χ1n) is 6.14. The summed E-state index contributed by atoms with van der Waals surface area (Å²) in [6.45, 7) is 0. The van der Waals surface area contributed by atoms with Gasteiger partial charge in [0.1, 0.15) is 5.75 Å². The molecule has 3 rings (SSSR count). The maximum absolute atomic E-state index is 12.1. The van der Waals surface area contributed by atoms with Crippen molar-refractivity contribution >= 4 is 33.4 Å². The minimum Gasteiger partial charge on any atom is -0.496 e. The second kappa shape index (κ2) is 5.02. The number of amides is 1. The van der Waals surface area contributed by atoms with Crippen LogP contribution >= 0.6 is 27.5 Å². The highest BCUT2D eigenvalue weighted by molar-refractivity contribution is 9.10. The Morgan fingerprint density at radius 2 is 1.95 bits per heavy atom. The number of halogens is 2. The van der Waals surface area contributed by atoms with E-state index in [9.17, 15) is 9.90 Å². The first-order valence-corrected chi connectivity index (χ1v) is 7.32. The molecule has 0 aliphatic carbocycles. The number of hydrogen-bond donors (Lipinski definition) is 2. The summed E-state index contributed by atoms with van der Waals surface area (Å²) in [7, 11) is 1.52. The summed E-state index contributed by atoms with van der Waals surface area (Å²) < 4.78 is 5.84. The van der Waals surface area contributed by atoms with Crippen LogP contribution in [-0.4, -0.2) is 18.1 Å². The molecule has 0 bridgehead atoms. The molecule has 2 aromatic rings. The Bertz CT molecular complexity index is 732. The van der Waals surface area contributed by atoms with Crippen molar-refractivity contribution in [1.29, 1.82) is 0 Å².